The van der Waals surface area contributed by atoms with Crippen LogP contribution in [0.5, 0.6) is 0 Å². The molecular formula is C25H31ClO2. The molecule has 5 unspecified atom stereocenters. The van der Waals surface area contributed by atoms with Gasteiger partial charge in [-0.25, -0.2) is 0 Å². The van der Waals surface area contributed by atoms with E-state index in [0.717, 1.165) is 51.4 Å². The van der Waals surface area contributed by atoms with Crippen molar-refractivity contribution in [2.24, 2.45) is 41.4 Å². The second kappa shape index (κ2) is 7.27. The van der Waals surface area contributed by atoms with Crippen molar-refractivity contribution in [3.8, 4) is 0 Å². The first kappa shape index (κ1) is 18.9. The van der Waals surface area contributed by atoms with Gasteiger partial charge in [0.2, 0.25) is 0 Å². The van der Waals surface area contributed by atoms with Crippen LogP contribution in [0.4, 0.5) is 0 Å². The minimum absolute atomic E-state index is 0.0366. The Kier molecular flexibility index (Phi) is 4.90. The maximum absolute atomic E-state index is 13.5. The van der Waals surface area contributed by atoms with Gasteiger partial charge in [-0.3, -0.25) is 9.59 Å². The van der Waals surface area contributed by atoms with Crippen molar-refractivity contribution in [1.82, 2.24) is 0 Å². The summed E-state index contributed by atoms with van der Waals surface area (Å²) in [7, 11) is 0. The quantitative estimate of drug-likeness (QED) is 0.349. The molecule has 0 radical (unpaired) electrons. The largest absolute Gasteiger partial charge is 0.298 e. The van der Waals surface area contributed by atoms with E-state index in [2.05, 4.69) is 31.2 Å². The molecule has 0 aromatic rings. The second-order valence-electron chi connectivity index (χ2n) is 9.73. The van der Waals surface area contributed by atoms with Crippen molar-refractivity contribution in [3.05, 3.63) is 35.5 Å². The standard InChI is InChI=1S/C25H31ClO2/c1-2-14-3-8-18(15-9-11-19(26)12-10-15)13-20(14)23-24(27)21-16-4-5-17(7-6-16)22(21)25(23)28/h9-11,13-14,16-19,21-23H,2-8,12H2,1H3. The molecule has 0 spiro atoms. The summed E-state index contributed by atoms with van der Waals surface area (Å²) in [5.74, 6) is 1.87. The van der Waals surface area contributed by atoms with Crippen molar-refractivity contribution >= 4 is 23.2 Å². The van der Waals surface area contributed by atoms with E-state index in [4.69, 9.17) is 11.6 Å². The number of halogens is 1. The normalized spacial score (nSPS) is 45.1. The Morgan fingerprint density at radius 3 is 2.14 bits per heavy atom. The van der Waals surface area contributed by atoms with Crippen molar-refractivity contribution in [2.75, 3.05) is 0 Å². The number of fused-ring (bicyclic) bond motifs is 2. The Hall–Kier alpha value is -1.15. The molecule has 0 saturated heterocycles. The molecule has 0 aromatic carbocycles. The molecule has 2 bridgehead atoms. The molecule has 4 fully saturated rings. The Morgan fingerprint density at radius 1 is 0.964 bits per heavy atom. The van der Waals surface area contributed by atoms with Gasteiger partial charge in [-0.15, -0.1) is 11.6 Å². The third-order valence-electron chi connectivity index (χ3n) is 8.47. The SMILES string of the molecule is CCC1CCC(C2=CCC(Cl)C=C2)C=C1C1C(=O)C2C3CCC(CC3)C2C1=O. The van der Waals surface area contributed by atoms with Gasteiger partial charge in [0.15, 0.2) is 11.6 Å². The molecule has 6 aliphatic carbocycles. The van der Waals surface area contributed by atoms with Gasteiger partial charge in [-0.2, -0.15) is 0 Å². The number of alkyl halides is 1. The number of carbonyl (C=O) groups excluding carboxylic acids is 2. The average Bonchev–Trinajstić information content (AvgIpc) is 3.01. The zero-order valence-corrected chi connectivity index (χ0v) is 17.5. The van der Waals surface area contributed by atoms with E-state index in [0.29, 0.717) is 23.7 Å². The van der Waals surface area contributed by atoms with Crippen LogP contribution >= 0.6 is 11.6 Å². The summed E-state index contributed by atoms with van der Waals surface area (Å²) in [6.45, 7) is 2.21. The fourth-order valence-electron chi connectivity index (χ4n) is 7.04. The van der Waals surface area contributed by atoms with Gasteiger partial charge in [0, 0.05) is 17.8 Å². The number of allylic oxidation sites excluding steroid dienone is 6. The van der Waals surface area contributed by atoms with Crippen molar-refractivity contribution in [3.63, 3.8) is 0 Å². The lowest BCUT2D eigenvalue weighted by molar-refractivity contribution is -0.129. The minimum atomic E-state index is -0.433. The Labute approximate surface area is 173 Å². The Balaban J connectivity index is 1.48. The van der Waals surface area contributed by atoms with Gasteiger partial charge in [0.25, 0.3) is 0 Å². The molecule has 0 amide bonds. The molecule has 150 valence electrons. The maximum Gasteiger partial charge on any atom is 0.151 e. The van der Waals surface area contributed by atoms with Crippen LogP contribution in [-0.2, 0) is 9.59 Å². The topological polar surface area (TPSA) is 34.1 Å². The fraction of sp³-hybridized carbons (Fsp3) is 0.680. The van der Waals surface area contributed by atoms with Crippen LogP contribution < -0.4 is 0 Å². The van der Waals surface area contributed by atoms with Crippen molar-refractivity contribution in [2.45, 2.75) is 63.7 Å². The van der Waals surface area contributed by atoms with Gasteiger partial charge >= 0.3 is 0 Å². The Morgan fingerprint density at radius 2 is 1.61 bits per heavy atom. The van der Waals surface area contributed by atoms with Crippen molar-refractivity contribution in [1.29, 1.82) is 0 Å². The number of Topliss-reactive ketones (excluding diaryl/α,β-unsaturated/α-hetero) is 2. The number of hydrogen-bond donors (Lipinski definition) is 0. The first-order valence-corrected chi connectivity index (χ1v) is 11.8. The molecule has 3 heteroatoms. The van der Waals surface area contributed by atoms with E-state index in [1.54, 1.807) is 0 Å². The zero-order valence-electron chi connectivity index (χ0n) is 16.8. The minimum Gasteiger partial charge on any atom is -0.298 e. The van der Waals surface area contributed by atoms with Crippen LogP contribution in [0.25, 0.3) is 0 Å². The molecule has 4 saturated carbocycles. The molecule has 0 heterocycles. The zero-order chi connectivity index (χ0) is 19.4. The van der Waals surface area contributed by atoms with E-state index >= 15 is 0 Å². The molecule has 28 heavy (non-hydrogen) atoms. The van der Waals surface area contributed by atoms with Crippen LogP contribution in [0.3, 0.4) is 0 Å². The summed E-state index contributed by atoms with van der Waals surface area (Å²) in [6.07, 6.45) is 17.5. The monoisotopic (exact) mass is 398 g/mol. The van der Waals surface area contributed by atoms with Crippen molar-refractivity contribution < 1.29 is 9.59 Å². The molecular weight excluding hydrogens is 368 g/mol. The molecule has 2 nitrogen and oxygen atoms in total. The van der Waals surface area contributed by atoms with Crippen LogP contribution in [0.1, 0.15) is 58.3 Å². The summed E-state index contributed by atoms with van der Waals surface area (Å²) in [5.41, 5.74) is 2.49. The molecule has 6 rings (SSSR count). The van der Waals surface area contributed by atoms with Gasteiger partial charge in [-0.1, -0.05) is 36.8 Å². The molecule has 5 atom stereocenters. The van der Waals surface area contributed by atoms with Crippen LogP contribution in [0.2, 0.25) is 0 Å². The highest BCUT2D eigenvalue weighted by Gasteiger charge is 2.59. The smallest absolute Gasteiger partial charge is 0.151 e. The summed E-state index contributed by atoms with van der Waals surface area (Å²) < 4.78 is 0. The van der Waals surface area contributed by atoms with Gasteiger partial charge < -0.3 is 0 Å². The molecule has 0 N–H and O–H groups in total. The third kappa shape index (κ3) is 2.90. The molecule has 6 aliphatic rings. The van der Waals surface area contributed by atoms with E-state index in [9.17, 15) is 9.59 Å². The lowest BCUT2D eigenvalue weighted by Crippen LogP contribution is -2.41. The number of hydrogen-bond acceptors (Lipinski definition) is 2. The predicted octanol–water partition coefficient (Wildman–Crippen LogP) is 5.66. The van der Waals surface area contributed by atoms with Crippen LogP contribution in [-0.4, -0.2) is 16.9 Å². The first-order chi connectivity index (χ1) is 13.6. The van der Waals surface area contributed by atoms with Crippen LogP contribution in [0.15, 0.2) is 35.5 Å². The highest BCUT2D eigenvalue weighted by molar-refractivity contribution is 6.22. The second-order valence-corrected chi connectivity index (χ2v) is 10.3. The molecule has 0 aliphatic heterocycles. The van der Waals surface area contributed by atoms with Crippen LogP contribution in [0, 0.1) is 41.4 Å². The lowest BCUT2D eigenvalue weighted by Gasteiger charge is -2.43. The summed E-state index contributed by atoms with van der Waals surface area (Å²) in [4.78, 5) is 27.0. The number of ketones is 2. The Bertz CT molecular complexity index is 737. The van der Waals surface area contributed by atoms with E-state index in [1.165, 1.54) is 11.1 Å². The first-order valence-electron chi connectivity index (χ1n) is 11.4. The predicted molar refractivity (Wildman–Crippen MR) is 112 cm³/mol. The highest BCUT2D eigenvalue weighted by atomic mass is 35.5. The third-order valence-corrected chi connectivity index (χ3v) is 8.79. The highest BCUT2D eigenvalue weighted by Crippen LogP contribution is 2.56. The number of carbonyl (C=O) groups is 2. The van der Waals surface area contributed by atoms with E-state index in [-0.39, 0.29) is 28.8 Å². The maximum atomic E-state index is 13.5. The van der Waals surface area contributed by atoms with Gasteiger partial charge in [-0.05, 0) is 74.7 Å². The van der Waals surface area contributed by atoms with Gasteiger partial charge in [0.05, 0.1) is 11.3 Å². The van der Waals surface area contributed by atoms with E-state index < -0.39 is 5.92 Å². The average molecular weight is 399 g/mol. The van der Waals surface area contributed by atoms with Gasteiger partial charge in [0.1, 0.15) is 0 Å². The summed E-state index contributed by atoms with van der Waals surface area (Å²) in [6, 6.07) is 0. The summed E-state index contributed by atoms with van der Waals surface area (Å²) >= 11 is 6.20. The lowest BCUT2D eigenvalue weighted by atomic mass is 9.59. The fourth-order valence-corrected chi connectivity index (χ4v) is 7.20. The number of rotatable bonds is 3. The van der Waals surface area contributed by atoms with E-state index in [1.807, 2.05) is 0 Å². The molecule has 0 aromatic heterocycles. The summed E-state index contributed by atoms with van der Waals surface area (Å²) in [5, 5.41) is 0.0933.